The fraction of sp³-hybridized carbons (Fsp3) is 0.550. The summed E-state index contributed by atoms with van der Waals surface area (Å²) in [6, 6.07) is 7.75. The zero-order valence-corrected chi connectivity index (χ0v) is 19.2. The molecule has 0 radical (unpaired) electrons. The Balaban J connectivity index is 1.72. The van der Waals surface area contributed by atoms with Gasteiger partial charge < -0.3 is 15.0 Å². The number of hydrogen-bond acceptors (Lipinski definition) is 6. The number of nitrogens with one attached hydrogen (secondary N) is 1. The number of nitrogens with zero attached hydrogens (tertiary/aromatic N) is 2. The molecule has 0 bridgehead atoms. The number of aliphatic imine (C=N–C) groups is 1. The molecule has 8 nitrogen and oxygen atoms in total. The molecular formula is C20H27N3O5S2. The molecule has 2 aliphatic heterocycles. The van der Waals surface area contributed by atoms with E-state index in [9.17, 15) is 18.0 Å². The second-order valence-corrected chi connectivity index (χ2v) is 11.9. The lowest BCUT2D eigenvalue weighted by Crippen LogP contribution is -2.38. The van der Waals surface area contributed by atoms with Gasteiger partial charge >= 0.3 is 6.09 Å². The summed E-state index contributed by atoms with van der Waals surface area (Å²) in [4.78, 5) is 30.2. The third-order valence-electron chi connectivity index (χ3n) is 4.65. The standard InChI is InChI=1S/C20H27N3O5S2/c1-13-5-7-14(8-6-13)10-23-15-11-30(26,27)12-16(15)29-18(23)22-17(24)9-21-19(25)28-20(2,3)4/h5-8,15-16H,9-12H2,1-4H3,(H,21,25)/t15-,16+/m0/s1. The lowest BCUT2D eigenvalue weighted by molar-refractivity contribution is -0.117. The topological polar surface area (TPSA) is 105 Å². The summed E-state index contributed by atoms with van der Waals surface area (Å²) >= 11 is 1.32. The predicted octanol–water partition coefficient (Wildman–Crippen LogP) is 2.12. The molecule has 1 N–H and O–H groups in total. The van der Waals surface area contributed by atoms with Crippen LogP contribution in [0.15, 0.2) is 29.3 Å². The minimum absolute atomic E-state index is 0.0555. The fourth-order valence-corrected chi connectivity index (χ4v) is 7.29. The molecule has 0 aromatic heterocycles. The second kappa shape index (κ2) is 8.58. The van der Waals surface area contributed by atoms with Gasteiger partial charge in [0.15, 0.2) is 15.0 Å². The molecule has 2 atom stereocenters. The Labute approximate surface area is 181 Å². The Hall–Kier alpha value is -2.07. The zero-order valence-electron chi connectivity index (χ0n) is 17.5. The highest BCUT2D eigenvalue weighted by Gasteiger charge is 2.48. The maximum Gasteiger partial charge on any atom is 0.408 e. The normalized spacial score (nSPS) is 24.0. The monoisotopic (exact) mass is 453 g/mol. The number of amidine groups is 1. The van der Waals surface area contributed by atoms with Gasteiger partial charge in [0.2, 0.25) is 0 Å². The van der Waals surface area contributed by atoms with Crippen molar-refractivity contribution in [3.63, 3.8) is 0 Å². The number of amides is 2. The summed E-state index contributed by atoms with van der Waals surface area (Å²) in [5.74, 6) is -0.379. The molecule has 2 saturated heterocycles. The van der Waals surface area contributed by atoms with Gasteiger partial charge in [-0.3, -0.25) is 4.79 Å². The third-order valence-corrected chi connectivity index (χ3v) is 7.90. The molecule has 2 aliphatic rings. The van der Waals surface area contributed by atoms with E-state index in [1.54, 1.807) is 20.8 Å². The van der Waals surface area contributed by atoms with Gasteiger partial charge in [0, 0.05) is 11.8 Å². The van der Waals surface area contributed by atoms with Crippen LogP contribution in [0.25, 0.3) is 0 Å². The first kappa shape index (κ1) is 22.6. The van der Waals surface area contributed by atoms with Crippen molar-refractivity contribution < 1.29 is 22.7 Å². The van der Waals surface area contributed by atoms with Gasteiger partial charge in [-0.25, -0.2) is 13.2 Å². The molecule has 10 heteroatoms. The molecule has 0 spiro atoms. The zero-order chi connectivity index (χ0) is 22.1. The van der Waals surface area contributed by atoms with Gasteiger partial charge in [-0.2, -0.15) is 4.99 Å². The van der Waals surface area contributed by atoms with Gasteiger partial charge in [0.1, 0.15) is 12.1 Å². The Kier molecular flexibility index (Phi) is 6.47. The summed E-state index contributed by atoms with van der Waals surface area (Å²) in [5.41, 5.74) is 1.49. The number of carbonyl (C=O) groups is 2. The van der Waals surface area contributed by atoms with Crippen molar-refractivity contribution in [1.29, 1.82) is 0 Å². The molecule has 2 fully saturated rings. The molecule has 0 aliphatic carbocycles. The first-order valence-corrected chi connectivity index (χ1v) is 12.4. The van der Waals surface area contributed by atoms with E-state index in [4.69, 9.17) is 4.74 Å². The average molecular weight is 454 g/mol. The van der Waals surface area contributed by atoms with Gasteiger partial charge in [-0.15, -0.1) is 0 Å². The van der Waals surface area contributed by atoms with Crippen molar-refractivity contribution in [3.8, 4) is 0 Å². The van der Waals surface area contributed by atoms with Crippen LogP contribution in [0.5, 0.6) is 0 Å². The maximum absolute atomic E-state index is 12.3. The van der Waals surface area contributed by atoms with Crippen molar-refractivity contribution in [1.82, 2.24) is 10.2 Å². The van der Waals surface area contributed by atoms with Crippen LogP contribution >= 0.6 is 11.8 Å². The summed E-state index contributed by atoms with van der Waals surface area (Å²) in [6.45, 7) is 7.39. The fourth-order valence-electron chi connectivity index (χ4n) is 3.32. The molecule has 2 heterocycles. The van der Waals surface area contributed by atoms with Gasteiger partial charge in [-0.1, -0.05) is 41.6 Å². The van der Waals surface area contributed by atoms with Crippen LogP contribution in [0.3, 0.4) is 0 Å². The Morgan fingerprint density at radius 1 is 1.23 bits per heavy atom. The van der Waals surface area contributed by atoms with E-state index in [2.05, 4.69) is 10.3 Å². The van der Waals surface area contributed by atoms with Crippen molar-refractivity contribution in [2.24, 2.45) is 4.99 Å². The number of sulfone groups is 1. The highest BCUT2D eigenvalue weighted by Crippen LogP contribution is 2.39. The second-order valence-electron chi connectivity index (χ2n) is 8.56. The number of alkyl carbamates (subject to hydrolysis) is 1. The van der Waals surface area contributed by atoms with E-state index >= 15 is 0 Å². The minimum atomic E-state index is -3.10. The summed E-state index contributed by atoms with van der Waals surface area (Å²) in [6.07, 6.45) is -0.686. The van der Waals surface area contributed by atoms with Crippen LogP contribution in [0, 0.1) is 6.92 Å². The smallest absolute Gasteiger partial charge is 0.408 e. The Morgan fingerprint density at radius 3 is 2.53 bits per heavy atom. The summed E-state index contributed by atoms with van der Waals surface area (Å²) in [7, 11) is -3.10. The number of hydrogen-bond donors (Lipinski definition) is 1. The summed E-state index contributed by atoms with van der Waals surface area (Å²) < 4.78 is 29.3. The lowest BCUT2D eigenvalue weighted by Gasteiger charge is -2.24. The number of benzene rings is 1. The number of rotatable bonds is 4. The van der Waals surface area contributed by atoms with Crippen LogP contribution in [0.4, 0.5) is 4.79 Å². The highest BCUT2D eigenvalue weighted by molar-refractivity contribution is 8.15. The molecular weight excluding hydrogens is 426 g/mol. The van der Waals surface area contributed by atoms with Crippen molar-refractivity contribution >= 4 is 38.8 Å². The van der Waals surface area contributed by atoms with E-state index in [1.807, 2.05) is 36.1 Å². The van der Waals surface area contributed by atoms with Crippen molar-refractivity contribution in [3.05, 3.63) is 35.4 Å². The van der Waals surface area contributed by atoms with Gasteiger partial charge in [0.05, 0.1) is 17.5 Å². The number of ether oxygens (including phenoxy) is 1. The van der Waals surface area contributed by atoms with E-state index in [1.165, 1.54) is 11.8 Å². The maximum atomic E-state index is 12.3. The molecule has 0 unspecified atom stereocenters. The van der Waals surface area contributed by atoms with Crippen LogP contribution in [-0.2, 0) is 25.9 Å². The molecule has 2 amide bonds. The third kappa shape index (κ3) is 5.98. The highest BCUT2D eigenvalue weighted by atomic mass is 32.2. The van der Waals surface area contributed by atoms with Crippen molar-refractivity contribution in [2.75, 3.05) is 18.1 Å². The SMILES string of the molecule is Cc1ccc(CN2C(=NC(=O)CNC(=O)OC(C)(C)C)S[C@@H]3CS(=O)(=O)C[C@@H]32)cc1. The number of fused-ring (bicyclic) bond motifs is 1. The first-order valence-electron chi connectivity index (χ1n) is 9.69. The van der Waals surface area contributed by atoms with E-state index in [0.29, 0.717) is 11.7 Å². The quantitative estimate of drug-likeness (QED) is 0.744. The average Bonchev–Trinajstić information content (AvgIpc) is 3.06. The van der Waals surface area contributed by atoms with E-state index in [0.717, 1.165) is 11.1 Å². The van der Waals surface area contributed by atoms with Crippen LogP contribution in [-0.4, -0.2) is 65.4 Å². The first-order chi connectivity index (χ1) is 13.9. The van der Waals surface area contributed by atoms with Crippen LogP contribution in [0.2, 0.25) is 0 Å². The van der Waals surface area contributed by atoms with Gasteiger partial charge in [0.25, 0.3) is 5.91 Å². The lowest BCUT2D eigenvalue weighted by atomic mass is 10.1. The largest absolute Gasteiger partial charge is 0.444 e. The predicted molar refractivity (Wildman–Crippen MR) is 117 cm³/mol. The Bertz CT molecular complexity index is 952. The Morgan fingerprint density at radius 2 is 1.90 bits per heavy atom. The number of aryl methyl sites for hydroxylation is 1. The number of carbonyl (C=O) groups excluding carboxylic acids is 2. The molecule has 3 rings (SSSR count). The van der Waals surface area contributed by atoms with Crippen LogP contribution in [0.1, 0.15) is 31.9 Å². The van der Waals surface area contributed by atoms with E-state index < -0.39 is 27.4 Å². The van der Waals surface area contributed by atoms with Crippen molar-refractivity contribution in [2.45, 2.75) is 51.1 Å². The summed E-state index contributed by atoms with van der Waals surface area (Å²) in [5, 5.41) is 2.76. The molecule has 1 aromatic rings. The molecule has 30 heavy (non-hydrogen) atoms. The van der Waals surface area contributed by atoms with E-state index in [-0.39, 0.29) is 29.3 Å². The van der Waals surface area contributed by atoms with Gasteiger partial charge in [-0.05, 0) is 33.3 Å². The minimum Gasteiger partial charge on any atom is -0.444 e. The number of thioether (sulfide) groups is 1. The molecule has 0 saturated carbocycles. The molecule has 164 valence electrons. The molecule has 1 aromatic carbocycles. The van der Waals surface area contributed by atoms with Crippen LogP contribution < -0.4 is 5.32 Å².